The Hall–Kier alpha value is -4.43. The van der Waals surface area contributed by atoms with E-state index in [9.17, 15) is 21.0 Å². The largest absolute Gasteiger partial charge is 0.485 e. The molecule has 0 radical (unpaired) electrons. The molecule has 0 fully saturated rings. The summed E-state index contributed by atoms with van der Waals surface area (Å²) in [6.45, 7) is 11.1. The van der Waals surface area contributed by atoms with Gasteiger partial charge < -0.3 is 18.9 Å². The summed E-state index contributed by atoms with van der Waals surface area (Å²) >= 11 is 9.29. The third kappa shape index (κ3) is 12.5. The van der Waals surface area contributed by atoms with Gasteiger partial charge in [-0.3, -0.25) is 0 Å². The third-order valence-electron chi connectivity index (χ3n) is 16.9. The number of nitriles is 4. The second-order valence-corrected chi connectivity index (χ2v) is 36.0. The van der Waals surface area contributed by atoms with E-state index in [1.54, 1.807) is 55.0 Å². The highest BCUT2D eigenvalue weighted by atomic mass is 32.1. The van der Waals surface area contributed by atoms with Crippen molar-refractivity contribution in [1.29, 1.82) is 21.0 Å². The number of ether oxygens (including phenoxy) is 4. The topological polar surface area (TPSA) is 132 Å². The van der Waals surface area contributed by atoms with Crippen LogP contribution in [0.5, 0.6) is 23.0 Å². The molecule has 0 amide bonds. The van der Waals surface area contributed by atoms with Crippen molar-refractivity contribution in [2.75, 3.05) is 26.4 Å². The van der Waals surface area contributed by atoms with Crippen molar-refractivity contribution < 1.29 is 18.9 Å². The van der Waals surface area contributed by atoms with Crippen LogP contribution in [0, 0.1) is 45.3 Å². The quantitative estimate of drug-likeness (QED) is 0.0236. The fourth-order valence-electron chi connectivity index (χ4n) is 13.0. The summed E-state index contributed by atoms with van der Waals surface area (Å²) in [5.41, 5.74) is 0.130. The molecular formula is C64H80N4O4S5Si2. The number of hydrogen-bond acceptors (Lipinski definition) is 13. The molecule has 0 saturated heterocycles. The van der Waals surface area contributed by atoms with Crippen LogP contribution in [-0.2, 0) is 0 Å². The van der Waals surface area contributed by atoms with Gasteiger partial charge in [0, 0.05) is 29.3 Å². The maximum absolute atomic E-state index is 9.86. The Kier molecular flexibility index (Phi) is 21.4. The number of nitrogens with zero attached hydrogens (tertiary/aromatic N) is 4. The zero-order valence-corrected chi connectivity index (χ0v) is 53.5. The zero-order chi connectivity index (χ0) is 55.2. The second kappa shape index (κ2) is 28.5. The summed E-state index contributed by atoms with van der Waals surface area (Å²) in [5.74, 6) is 2.83. The van der Waals surface area contributed by atoms with Gasteiger partial charge in [0.2, 0.25) is 0 Å². The fourth-order valence-corrected chi connectivity index (χ4v) is 35.0. The van der Waals surface area contributed by atoms with E-state index in [1.807, 2.05) is 33.0 Å². The minimum Gasteiger partial charge on any atom is -0.485 e. The smallest absolute Gasteiger partial charge is 0.181 e. The lowest BCUT2D eigenvalue weighted by Gasteiger charge is -2.36. The van der Waals surface area contributed by atoms with Crippen LogP contribution in [0.3, 0.4) is 0 Å². The molecule has 79 heavy (non-hydrogen) atoms. The first-order valence-electron chi connectivity index (χ1n) is 30.2. The van der Waals surface area contributed by atoms with Crippen molar-refractivity contribution in [3.8, 4) is 86.3 Å². The van der Waals surface area contributed by atoms with E-state index in [4.69, 9.17) is 18.9 Å². The average Bonchev–Trinajstić information content (AvgIpc) is 2.45. The van der Waals surface area contributed by atoms with E-state index in [0.29, 0.717) is 37.9 Å². The molecule has 0 N–H and O–H groups in total. The van der Waals surface area contributed by atoms with Gasteiger partial charge in [-0.2, -0.15) is 21.0 Å². The molecule has 0 bridgehead atoms. The number of allylic oxidation sites excluding steroid dienone is 2. The Morgan fingerprint density at radius 1 is 0.392 bits per heavy atom. The molecule has 0 aromatic carbocycles. The molecule has 15 heteroatoms. The number of hydrogen-bond donors (Lipinski definition) is 0. The third-order valence-corrected chi connectivity index (χ3v) is 34.8. The molecule has 4 aliphatic heterocycles. The molecule has 8 nitrogen and oxygen atoms in total. The van der Waals surface area contributed by atoms with Crippen LogP contribution < -0.4 is 39.7 Å². The van der Waals surface area contributed by atoms with E-state index in [0.717, 1.165) is 31.0 Å². The summed E-state index contributed by atoms with van der Waals surface area (Å²) in [6.07, 6.45) is 34.3. The van der Waals surface area contributed by atoms with Gasteiger partial charge in [0.25, 0.3) is 0 Å². The van der Waals surface area contributed by atoms with Gasteiger partial charge in [-0.05, 0) is 69.2 Å². The van der Waals surface area contributed by atoms with Gasteiger partial charge in [-0.25, -0.2) is 0 Å². The first kappa shape index (κ1) is 59.2. The Labute approximate surface area is 493 Å². The van der Waals surface area contributed by atoms with Gasteiger partial charge in [0.15, 0.2) is 23.0 Å². The Morgan fingerprint density at radius 3 is 1.01 bits per heavy atom. The lowest BCUT2D eigenvalue weighted by atomic mass is 10.1. The van der Waals surface area contributed by atoms with Gasteiger partial charge in [-0.1, -0.05) is 182 Å². The van der Waals surface area contributed by atoms with Gasteiger partial charge >= 0.3 is 0 Å². The molecule has 0 unspecified atom stereocenters. The Balaban J connectivity index is 1.27. The van der Waals surface area contributed by atoms with Crippen molar-refractivity contribution in [2.45, 2.75) is 206 Å². The monoisotopic (exact) mass is 1180 g/mol. The summed E-state index contributed by atoms with van der Waals surface area (Å²) in [6, 6.07) is 18.8. The molecule has 4 aliphatic rings. The number of unbranched alkanes of at least 4 members (excludes halogenated alkanes) is 20. The number of fused-ring (bicyclic) bond motifs is 9. The Morgan fingerprint density at radius 2 is 0.696 bits per heavy atom. The molecule has 0 atom stereocenters. The predicted molar refractivity (Wildman–Crippen MR) is 341 cm³/mol. The van der Waals surface area contributed by atoms with Crippen molar-refractivity contribution >= 4 is 106 Å². The molecule has 9 rings (SSSR count). The lowest BCUT2D eigenvalue weighted by Crippen LogP contribution is -2.67. The van der Waals surface area contributed by atoms with Gasteiger partial charge in [0.05, 0.1) is 19.5 Å². The highest BCUT2D eigenvalue weighted by Gasteiger charge is 2.57. The maximum Gasteiger partial charge on any atom is 0.181 e. The maximum atomic E-state index is 9.86. The van der Waals surface area contributed by atoms with Gasteiger partial charge in [0.1, 0.15) is 78.0 Å². The highest BCUT2D eigenvalue weighted by Crippen LogP contribution is 2.58. The van der Waals surface area contributed by atoms with Crippen LogP contribution in [0.1, 0.15) is 192 Å². The van der Waals surface area contributed by atoms with E-state index in [2.05, 4.69) is 75.4 Å². The van der Waals surface area contributed by atoms with Crippen molar-refractivity contribution in [1.82, 2.24) is 0 Å². The van der Waals surface area contributed by atoms with Crippen LogP contribution in [0.4, 0.5) is 0 Å². The average molecular weight is 1190 g/mol. The molecule has 418 valence electrons. The molecule has 0 saturated carbocycles. The van der Waals surface area contributed by atoms with Crippen LogP contribution in [0.2, 0.25) is 24.2 Å². The molecule has 9 heterocycles. The summed E-state index contributed by atoms with van der Waals surface area (Å²) in [7, 11) is -4.88. The standard InChI is InChI=1S/C64H80N4O4S5Si2/c1-5-9-13-17-21-25-33-78(34-26-22-18-14-10-6-2)51-39-49(57-55-53(69-29-31-71-55)47(73-57)37-45(41-65)42-66)75-59(51)61-63(78)64-62(77-61)60-52(79(64,35-27-23-19-15-11-7-3)36-28-24-20-16-12-8-4)40-50(76-60)58-56-54(70-30-32-72-56)48(74-58)38-46(43-67)44-68/h37-40H,5-36H2,1-4H3. The fraction of sp³-hybridized carbons (Fsp3) is 0.562. The Bertz CT molecular complexity index is 2870. The van der Waals surface area contributed by atoms with Crippen LogP contribution in [0.15, 0.2) is 23.3 Å². The normalized spacial score (nSPS) is 14.6. The number of thiophene rings is 5. The first-order valence-corrected chi connectivity index (χ1v) is 39.1. The first-order chi connectivity index (χ1) is 38.8. The highest BCUT2D eigenvalue weighted by molar-refractivity contribution is 7.38. The van der Waals surface area contributed by atoms with Crippen molar-refractivity contribution in [3.05, 3.63) is 33.0 Å². The molecule has 0 aliphatic carbocycles. The summed E-state index contributed by atoms with van der Waals surface area (Å²) < 4.78 is 25.7. The lowest BCUT2D eigenvalue weighted by molar-refractivity contribution is 0.174. The summed E-state index contributed by atoms with van der Waals surface area (Å²) in [5, 5.41) is 46.5. The van der Waals surface area contributed by atoms with Crippen LogP contribution in [0.25, 0.3) is 51.2 Å². The minimum atomic E-state index is -2.44. The van der Waals surface area contributed by atoms with Crippen LogP contribution >= 0.6 is 56.7 Å². The predicted octanol–water partition coefficient (Wildman–Crippen LogP) is 18.3. The number of rotatable bonds is 32. The van der Waals surface area contributed by atoms with E-state index >= 15 is 0 Å². The van der Waals surface area contributed by atoms with E-state index in [1.165, 1.54) is 198 Å². The van der Waals surface area contributed by atoms with Gasteiger partial charge in [-0.15, -0.1) is 56.7 Å². The second-order valence-electron chi connectivity index (χ2n) is 22.3. The van der Waals surface area contributed by atoms with Crippen molar-refractivity contribution in [3.63, 3.8) is 0 Å². The van der Waals surface area contributed by atoms with E-state index < -0.39 is 16.1 Å². The minimum absolute atomic E-state index is 0.0652. The molecular weight excluding hydrogens is 1110 g/mol. The summed E-state index contributed by atoms with van der Waals surface area (Å²) in [4.78, 5) is 12.2. The van der Waals surface area contributed by atoms with E-state index in [-0.39, 0.29) is 11.1 Å². The van der Waals surface area contributed by atoms with Crippen LogP contribution in [-0.4, -0.2) is 42.6 Å². The van der Waals surface area contributed by atoms with Crippen molar-refractivity contribution in [2.24, 2.45) is 0 Å². The zero-order valence-electron chi connectivity index (χ0n) is 47.4. The molecule has 0 spiro atoms. The molecule has 5 aromatic heterocycles. The molecule has 5 aromatic rings. The SMILES string of the molecule is CCCCCCCC[Si]1(CCCCCCCC)c2cc(-c3sc(C=C(C#N)C#N)c4c3OCCO4)sc2-c2sc3c(c21)[Si](CCCCCCCC)(CCCCCCCC)c1cc(-c2sc(C=C(C#N)C#N)c4c2OCCO4)sc1-3.